The van der Waals surface area contributed by atoms with Gasteiger partial charge in [-0.25, -0.2) is 0 Å². The first-order valence-electron chi connectivity index (χ1n) is 7.64. The van der Waals surface area contributed by atoms with Gasteiger partial charge >= 0.3 is 0 Å². The van der Waals surface area contributed by atoms with Gasteiger partial charge in [0.15, 0.2) is 0 Å². The molecule has 1 N–H and O–H groups in total. The summed E-state index contributed by atoms with van der Waals surface area (Å²) in [5.74, 6) is 1.62. The van der Waals surface area contributed by atoms with Crippen LogP contribution in [-0.4, -0.2) is 20.1 Å². The minimum atomic E-state index is -0.113. The van der Waals surface area contributed by atoms with Crippen LogP contribution in [0.5, 0.6) is 11.5 Å². The summed E-state index contributed by atoms with van der Waals surface area (Å²) >= 11 is 0. The van der Waals surface area contributed by atoms with E-state index >= 15 is 0 Å². The Balaban J connectivity index is 2.19. The van der Waals surface area contributed by atoms with E-state index in [2.05, 4.69) is 19.2 Å². The van der Waals surface area contributed by atoms with Gasteiger partial charge in [-0.3, -0.25) is 4.79 Å². The van der Waals surface area contributed by atoms with Crippen molar-refractivity contribution in [1.29, 1.82) is 0 Å². The molecule has 0 aromatic heterocycles. The summed E-state index contributed by atoms with van der Waals surface area (Å²) in [6, 6.07) is 14.9. The van der Waals surface area contributed by atoms with Gasteiger partial charge in [0.1, 0.15) is 11.5 Å². The Hall–Kier alpha value is -2.49. The average molecular weight is 313 g/mol. The van der Waals surface area contributed by atoms with Crippen LogP contribution < -0.4 is 14.8 Å². The quantitative estimate of drug-likeness (QED) is 0.881. The molecule has 0 bridgehead atoms. The number of carbonyl (C=O) groups is 1. The molecule has 0 aliphatic heterocycles. The van der Waals surface area contributed by atoms with Crippen molar-refractivity contribution in [1.82, 2.24) is 5.32 Å². The summed E-state index contributed by atoms with van der Waals surface area (Å²) in [6.07, 6.45) is 0. The van der Waals surface area contributed by atoms with Crippen LogP contribution in [0.4, 0.5) is 0 Å². The second-order valence-corrected chi connectivity index (χ2v) is 5.70. The molecule has 23 heavy (non-hydrogen) atoms. The van der Waals surface area contributed by atoms with Gasteiger partial charge in [-0.15, -0.1) is 0 Å². The fourth-order valence-corrected chi connectivity index (χ4v) is 2.44. The van der Waals surface area contributed by atoms with E-state index in [4.69, 9.17) is 9.47 Å². The topological polar surface area (TPSA) is 47.6 Å². The molecule has 4 heteroatoms. The molecule has 1 unspecified atom stereocenters. The summed E-state index contributed by atoms with van der Waals surface area (Å²) < 4.78 is 10.4. The lowest BCUT2D eigenvalue weighted by molar-refractivity contribution is 0.0925. The number of benzene rings is 2. The van der Waals surface area contributed by atoms with Crippen molar-refractivity contribution in [2.24, 2.45) is 5.92 Å². The molecule has 0 fully saturated rings. The van der Waals surface area contributed by atoms with Crippen molar-refractivity contribution >= 4 is 5.91 Å². The largest absolute Gasteiger partial charge is 0.497 e. The van der Waals surface area contributed by atoms with E-state index in [1.165, 1.54) is 0 Å². The molecular formula is C19H23NO3. The SMILES string of the molecule is COc1ccc(C(NC(=O)c2cccc(OC)c2)C(C)C)cc1. The fourth-order valence-electron chi connectivity index (χ4n) is 2.44. The number of methoxy groups -OCH3 is 2. The first kappa shape index (κ1) is 16.9. The van der Waals surface area contributed by atoms with Gasteiger partial charge in [0.2, 0.25) is 0 Å². The van der Waals surface area contributed by atoms with Crippen molar-refractivity contribution < 1.29 is 14.3 Å². The van der Waals surface area contributed by atoms with Crippen LogP contribution in [0.2, 0.25) is 0 Å². The van der Waals surface area contributed by atoms with Crippen LogP contribution in [0.3, 0.4) is 0 Å². The van der Waals surface area contributed by atoms with Gasteiger partial charge in [0.05, 0.1) is 20.3 Å². The number of rotatable bonds is 6. The maximum absolute atomic E-state index is 12.5. The first-order valence-corrected chi connectivity index (χ1v) is 7.64. The molecule has 0 heterocycles. The number of hydrogen-bond donors (Lipinski definition) is 1. The van der Waals surface area contributed by atoms with Gasteiger partial charge in [-0.1, -0.05) is 32.0 Å². The predicted molar refractivity (Wildman–Crippen MR) is 91.0 cm³/mol. The highest BCUT2D eigenvalue weighted by molar-refractivity contribution is 5.94. The normalized spacial score (nSPS) is 11.9. The monoisotopic (exact) mass is 313 g/mol. The second-order valence-electron chi connectivity index (χ2n) is 5.70. The Morgan fingerprint density at radius 2 is 1.61 bits per heavy atom. The third-order valence-corrected chi connectivity index (χ3v) is 3.76. The molecule has 2 rings (SSSR count). The van der Waals surface area contributed by atoms with E-state index in [9.17, 15) is 4.79 Å². The molecule has 0 saturated heterocycles. The van der Waals surface area contributed by atoms with Crippen molar-refractivity contribution in [3.63, 3.8) is 0 Å². The zero-order valence-corrected chi connectivity index (χ0v) is 14.0. The maximum atomic E-state index is 12.5. The number of ether oxygens (including phenoxy) is 2. The van der Waals surface area contributed by atoms with E-state index in [0.29, 0.717) is 11.3 Å². The molecule has 1 amide bonds. The van der Waals surface area contributed by atoms with Crippen molar-refractivity contribution in [3.05, 3.63) is 59.7 Å². The third-order valence-electron chi connectivity index (χ3n) is 3.76. The van der Waals surface area contributed by atoms with Crippen molar-refractivity contribution in [3.8, 4) is 11.5 Å². The Bertz CT molecular complexity index is 650. The third kappa shape index (κ3) is 4.25. The van der Waals surface area contributed by atoms with E-state index < -0.39 is 0 Å². The summed E-state index contributed by atoms with van der Waals surface area (Å²) in [7, 11) is 3.23. The summed E-state index contributed by atoms with van der Waals surface area (Å²) in [6.45, 7) is 4.17. The highest BCUT2D eigenvalue weighted by Crippen LogP contribution is 2.24. The van der Waals surface area contributed by atoms with Crippen LogP contribution in [0.1, 0.15) is 35.8 Å². The zero-order valence-electron chi connectivity index (χ0n) is 14.0. The molecule has 4 nitrogen and oxygen atoms in total. The van der Waals surface area contributed by atoms with E-state index in [-0.39, 0.29) is 17.9 Å². The summed E-state index contributed by atoms with van der Waals surface area (Å²) in [5, 5.41) is 3.10. The second kappa shape index (κ2) is 7.68. The lowest BCUT2D eigenvalue weighted by atomic mass is 9.95. The predicted octanol–water partition coefficient (Wildman–Crippen LogP) is 3.83. The fraction of sp³-hybridized carbons (Fsp3) is 0.316. The molecule has 0 radical (unpaired) electrons. The van der Waals surface area contributed by atoms with Crippen molar-refractivity contribution in [2.45, 2.75) is 19.9 Å². The summed E-state index contributed by atoms with van der Waals surface area (Å²) in [4.78, 5) is 12.5. The van der Waals surface area contributed by atoms with Gasteiger partial charge in [-0.05, 0) is 41.8 Å². The molecule has 2 aromatic rings. The van der Waals surface area contributed by atoms with Gasteiger partial charge < -0.3 is 14.8 Å². The summed E-state index contributed by atoms with van der Waals surface area (Å²) in [5.41, 5.74) is 1.64. The molecule has 1 atom stereocenters. The number of carbonyl (C=O) groups excluding carboxylic acids is 1. The lowest BCUT2D eigenvalue weighted by Crippen LogP contribution is -2.31. The highest BCUT2D eigenvalue weighted by atomic mass is 16.5. The maximum Gasteiger partial charge on any atom is 0.251 e. The molecule has 0 spiro atoms. The van der Waals surface area contributed by atoms with E-state index in [1.54, 1.807) is 26.4 Å². The minimum absolute atomic E-state index is 0.0698. The smallest absolute Gasteiger partial charge is 0.251 e. The highest BCUT2D eigenvalue weighted by Gasteiger charge is 2.19. The van der Waals surface area contributed by atoms with Gasteiger partial charge in [0.25, 0.3) is 5.91 Å². The molecule has 0 aliphatic rings. The van der Waals surface area contributed by atoms with Crippen molar-refractivity contribution in [2.75, 3.05) is 14.2 Å². The Labute approximate surface area is 137 Å². The molecular weight excluding hydrogens is 290 g/mol. The zero-order chi connectivity index (χ0) is 16.8. The number of amides is 1. The number of nitrogens with one attached hydrogen (secondary N) is 1. The average Bonchev–Trinajstić information content (AvgIpc) is 2.59. The lowest BCUT2D eigenvalue weighted by Gasteiger charge is -2.23. The standard InChI is InChI=1S/C19H23NO3/c1-13(2)18(14-8-10-16(22-3)11-9-14)20-19(21)15-6-5-7-17(12-15)23-4/h5-13,18H,1-4H3,(H,20,21). The Kier molecular flexibility index (Phi) is 5.63. The molecule has 0 saturated carbocycles. The van der Waals surface area contributed by atoms with Crippen LogP contribution in [-0.2, 0) is 0 Å². The molecule has 122 valence electrons. The van der Waals surface area contributed by atoms with Crippen LogP contribution in [0.15, 0.2) is 48.5 Å². The molecule has 2 aromatic carbocycles. The van der Waals surface area contributed by atoms with Crippen LogP contribution in [0, 0.1) is 5.92 Å². The van der Waals surface area contributed by atoms with Gasteiger partial charge in [-0.2, -0.15) is 0 Å². The van der Waals surface area contributed by atoms with Crippen LogP contribution >= 0.6 is 0 Å². The molecule has 0 aliphatic carbocycles. The van der Waals surface area contributed by atoms with Crippen LogP contribution in [0.25, 0.3) is 0 Å². The number of hydrogen-bond acceptors (Lipinski definition) is 3. The first-order chi connectivity index (χ1) is 11.0. The minimum Gasteiger partial charge on any atom is -0.497 e. The van der Waals surface area contributed by atoms with E-state index in [1.807, 2.05) is 36.4 Å². The Morgan fingerprint density at radius 1 is 0.957 bits per heavy atom. The Morgan fingerprint density at radius 3 is 2.17 bits per heavy atom. The van der Waals surface area contributed by atoms with E-state index in [0.717, 1.165) is 11.3 Å². The van der Waals surface area contributed by atoms with Gasteiger partial charge in [0, 0.05) is 5.56 Å².